The molecule has 0 aliphatic rings. The highest BCUT2D eigenvalue weighted by atomic mass is 79.9. The van der Waals surface area contributed by atoms with Crippen LogP contribution in [0.15, 0.2) is 52.3 Å². The third-order valence-electron chi connectivity index (χ3n) is 3.31. The molecule has 0 spiro atoms. The van der Waals surface area contributed by atoms with E-state index in [1.165, 1.54) is 0 Å². The third-order valence-corrected chi connectivity index (χ3v) is 5.28. The zero-order valence-electron chi connectivity index (χ0n) is 10.8. The van der Waals surface area contributed by atoms with E-state index in [9.17, 15) is 5.11 Å². The van der Waals surface area contributed by atoms with Gasteiger partial charge in [-0.25, -0.2) is 0 Å². The van der Waals surface area contributed by atoms with E-state index in [1.807, 2.05) is 47.8 Å². The number of fused-ring (bicyclic) bond motifs is 1. The number of thiophene rings is 1. The van der Waals surface area contributed by atoms with Crippen molar-refractivity contribution in [2.45, 2.75) is 6.10 Å². The lowest BCUT2D eigenvalue weighted by atomic mass is 10.0. The Morgan fingerprint density at radius 1 is 1.15 bits per heavy atom. The molecule has 0 bridgehead atoms. The van der Waals surface area contributed by atoms with Gasteiger partial charge in [-0.15, -0.1) is 11.3 Å². The van der Waals surface area contributed by atoms with E-state index in [0.29, 0.717) is 0 Å². The van der Waals surface area contributed by atoms with Crippen molar-refractivity contribution in [3.05, 3.63) is 63.4 Å². The van der Waals surface area contributed by atoms with Gasteiger partial charge < -0.3 is 9.84 Å². The maximum Gasteiger partial charge on any atom is 0.118 e. The Labute approximate surface area is 129 Å². The Kier molecular flexibility index (Phi) is 3.78. The number of halogens is 1. The minimum absolute atomic E-state index is 0.621. The molecule has 3 aromatic rings. The van der Waals surface area contributed by atoms with Crippen molar-refractivity contribution in [1.29, 1.82) is 0 Å². The first kappa shape index (κ1) is 13.6. The Bertz CT molecular complexity index is 734. The number of aliphatic hydroxyl groups excluding tert-OH is 1. The summed E-state index contributed by atoms with van der Waals surface area (Å²) in [6, 6.07) is 13.6. The minimum atomic E-state index is -0.621. The van der Waals surface area contributed by atoms with Crippen molar-refractivity contribution in [3.8, 4) is 5.75 Å². The van der Waals surface area contributed by atoms with Gasteiger partial charge in [0.2, 0.25) is 0 Å². The first-order valence-electron chi connectivity index (χ1n) is 6.18. The average molecular weight is 349 g/mol. The van der Waals surface area contributed by atoms with Crippen molar-refractivity contribution < 1.29 is 9.84 Å². The molecule has 4 heteroatoms. The predicted molar refractivity (Wildman–Crippen MR) is 86.6 cm³/mol. The highest BCUT2D eigenvalue weighted by Gasteiger charge is 2.16. The number of ether oxygens (including phenoxy) is 1. The molecule has 0 aliphatic heterocycles. The number of hydrogen-bond acceptors (Lipinski definition) is 3. The number of benzene rings is 2. The second-order valence-corrected chi connectivity index (χ2v) is 6.22. The summed E-state index contributed by atoms with van der Waals surface area (Å²) in [7, 11) is 1.63. The zero-order valence-corrected chi connectivity index (χ0v) is 13.2. The molecule has 1 heterocycles. The summed E-state index contributed by atoms with van der Waals surface area (Å²) in [4.78, 5) is 0. The summed E-state index contributed by atoms with van der Waals surface area (Å²) >= 11 is 5.19. The quantitative estimate of drug-likeness (QED) is 0.739. The van der Waals surface area contributed by atoms with Gasteiger partial charge in [-0.1, -0.05) is 24.3 Å². The molecule has 0 amide bonds. The van der Waals surface area contributed by atoms with Crippen LogP contribution in [-0.2, 0) is 0 Å². The molecule has 2 aromatic carbocycles. The van der Waals surface area contributed by atoms with E-state index >= 15 is 0 Å². The molecule has 1 atom stereocenters. The lowest BCUT2D eigenvalue weighted by molar-refractivity contribution is 0.222. The second-order valence-electron chi connectivity index (χ2n) is 4.48. The Balaban J connectivity index is 2.03. The fraction of sp³-hybridized carbons (Fsp3) is 0.125. The number of hydrogen-bond donors (Lipinski definition) is 1. The van der Waals surface area contributed by atoms with E-state index < -0.39 is 6.10 Å². The molecule has 0 radical (unpaired) electrons. The molecule has 0 saturated carbocycles. The normalized spacial score (nSPS) is 12.6. The number of aliphatic hydroxyl groups is 1. The van der Waals surface area contributed by atoms with Crippen LogP contribution in [0.5, 0.6) is 5.75 Å². The first-order valence-corrected chi connectivity index (χ1v) is 7.85. The molecular weight excluding hydrogens is 336 g/mol. The van der Waals surface area contributed by atoms with E-state index in [4.69, 9.17) is 4.74 Å². The Morgan fingerprint density at radius 2 is 1.90 bits per heavy atom. The topological polar surface area (TPSA) is 29.5 Å². The predicted octanol–water partition coefficient (Wildman–Crippen LogP) is 4.75. The van der Waals surface area contributed by atoms with Gasteiger partial charge in [0, 0.05) is 14.7 Å². The molecule has 1 N–H and O–H groups in total. The molecule has 0 fully saturated rings. The highest BCUT2D eigenvalue weighted by molar-refractivity contribution is 9.10. The Morgan fingerprint density at radius 3 is 2.60 bits per heavy atom. The van der Waals surface area contributed by atoms with E-state index in [-0.39, 0.29) is 0 Å². The number of methoxy groups -OCH3 is 1. The van der Waals surface area contributed by atoms with Crippen LogP contribution in [0.2, 0.25) is 0 Å². The molecule has 0 saturated heterocycles. The zero-order chi connectivity index (χ0) is 14.1. The largest absolute Gasteiger partial charge is 0.497 e. The van der Waals surface area contributed by atoms with Crippen molar-refractivity contribution in [1.82, 2.24) is 0 Å². The van der Waals surface area contributed by atoms with Crippen LogP contribution >= 0.6 is 27.3 Å². The summed E-state index contributed by atoms with van der Waals surface area (Å²) in [6.45, 7) is 0. The van der Waals surface area contributed by atoms with Crippen molar-refractivity contribution in [2.75, 3.05) is 7.11 Å². The maximum atomic E-state index is 10.6. The minimum Gasteiger partial charge on any atom is -0.497 e. The third kappa shape index (κ3) is 2.35. The van der Waals surface area contributed by atoms with Gasteiger partial charge in [-0.2, -0.15) is 0 Å². The van der Waals surface area contributed by atoms with Crippen molar-refractivity contribution in [2.24, 2.45) is 0 Å². The van der Waals surface area contributed by atoms with Crippen LogP contribution in [0.1, 0.15) is 17.2 Å². The second kappa shape index (κ2) is 5.56. The van der Waals surface area contributed by atoms with Gasteiger partial charge in [0.15, 0.2) is 0 Å². The summed E-state index contributed by atoms with van der Waals surface area (Å²) in [6.07, 6.45) is -0.621. The van der Waals surface area contributed by atoms with Crippen LogP contribution in [-0.4, -0.2) is 12.2 Å². The standard InChI is InChI=1S/C16H13BrO2S/c1-19-11-7-5-10(6-8-11)15(18)13-9-20-16-12(13)3-2-4-14(16)17/h2-9,15,18H,1H3. The van der Waals surface area contributed by atoms with Crippen molar-refractivity contribution in [3.63, 3.8) is 0 Å². The summed E-state index contributed by atoms with van der Waals surface area (Å²) < 4.78 is 7.37. The fourth-order valence-corrected chi connectivity index (χ4v) is 3.86. The average Bonchev–Trinajstić information content (AvgIpc) is 2.92. The van der Waals surface area contributed by atoms with Gasteiger partial charge in [-0.3, -0.25) is 0 Å². The lowest BCUT2D eigenvalue weighted by Crippen LogP contribution is -1.98. The highest BCUT2D eigenvalue weighted by Crippen LogP contribution is 2.37. The van der Waals surface area contributed by atoms with E-state index in [0.717, 1.165) is 31.4 Å². The SMILES string of the molecule is COc1ccc(C(O)c2csc3c(Br)cccc23)cc1. The molecule has 0 aliphatic carbocycles. The first-order chi connectivity index (χ1) is 9.70. The van der Waals surface area contributed by atoms with Crippen LogP contribution in [0.25, 0.3) is 10.1 Å². The molecule has 2 nitrogen and oxygen atoms in total. The molecule has 1 unspecified atom stereocenters. The van der Waals surface area contributed by atoms with Crippen LogP contribution in [0.3, 0.4) is 0 Å². The summed E-state index contributed by atoms with van der Waals surface area (Å²) in [5.41, 5.74) is 1.81. The smallest absolute Gasteiger partial charge is 0.118 e. The fourth-order valence-electron chi connectivity index (χ4n) is 2.22. The summed E-state index contributed by atoms with van der Waals surface area (Å²) in [5, 5.41) is 13.7. The molecule has 3 rings (SSSR count). The van der Waals surface area contributed by atoms with E-state index in [1.54, 1.807) is 18.4 Å². The van der Waals surface area contributed by atoms with Gasteiger partial charge >= 0.3 is 0 Å². The van der Waals surface area contributed by atoms with Crippen molar-refractivity contribution >= 4 is 37.4 Å². The van der Waals surface area contributed by atoms with Gasteiger partial charge in [-0.05, 0) is 50.5 Å². The van der Waals surface area contributed by atoms with Crippen LogP contribution in [0.4, 0.5) is 0 Å². The van der Waals surface area contributed by atoms with Gasteiger partial charge in [0.1, 0.15) is 11.9 Å². The lowest BCUT2D eigenvalue weighted by Gasteiger charge is -2.11. The molecular formula is C16H13BrO2S. The molecule has 102 valence electrons. The maximum absolute atomic E-state index is 10.6. The Hall–Kier alpha value is -1.36. The van der Waals surface area contributed by atoms with Gasteiger partial charge in [0.25, 0.3) is 0 Å². The van der Waals surface area contributed by atoms with Gasteiger partial charge in [0.05, 0.1) is 7.11 Å². The van der Waals surface area contributed by atoms with Crippen LogP contribution < -0.4 is 4.74 Å². The molecule has 20 heavy (non-hydrogen) atoms. The monoisotopic (exact) mass is 348 g/mol. The molecule has 1 aromatic heterocycles. The number of rotatable bonds is 3. The van der Waals surface area contributed by atoms with E-state index in [2.05, 4.69) is 15.9 Å². The van der Waals surface area contributed by atoms with Crippen LogP contribution in [0, 0.1) is 0 Å². The summed E-state index contributed by atoms with van der Waals surface area (Å²) in [5.74, 6) is 0.791.